The number of nitrogens with one attached hydrogen (secondary N) is 1. The van der Waals surface area contributed by atoms with Crippen molar-refractivity contribution in [3.05, 3.63) is 46.8 Å². The van der Waals surface area contributed by atoms with Crippen molar-refractivity contribution in [1.82, 2.24) is 20.0 Å². The molecule has 6 nitrogen and oxygen atoms in total. The molecule has 5 rings (SSSR count). The third kappa shape index (κ3) is 3.95. The van der Waals surface area contributed by atoms with Crippen molar-refractivity contribution < 1.29 is 9.47 Å². The lowest BCUT2D eigenvalue weighted by molar-refractivity contribution is 0.0339. The topological polar surface area (TPSA) is 53.6 Å². The van der Waals surface area contributed by atoms with E-state index < -0.39 is 0 Å². The highest BCUT2D eigenvalue weighted by atomic mass is 16.5. The van der Waals surface area contributed by atoms with E-state index in [9.17, 15) is 0 Å². The van der Waals surface area contributed by atoms with Crippen LogP contribution in [-0.4, -0.2) is 66.0 Å². The van der Waals surface area contributed by atoms with Crippen molar-refractivity contribution in [2.75, 3.05) is 46.0 Å². The maximum Gasteiger partial charge on any atom is 0.122 e. The van der Waals surface area contributed by atoms with Crippen LogP contribution in [0.4, 0.5) is 0 Å². The van der Waals surface area contributed by atoms with Crippen molar-refractivity contribution >= 4 is 0 Å². The molecule has 0 spiro atoms. The molecule has 3 aliphatic heterocycles. The summed E-state index contributed by atoms with van der Waals surface area (Å²) in [5.41, 5.74) is 5.48. The molecule has 1 aromatic heterocycles. The smallest absolute Gasteiger partial charge is 0.122 e. The van der Waals surface area contributed by atoms with Crippen LogP contribution in [0.15, 0.2) is 24.4 Å². The summed E-state index contributed by atoms with van der Waals surface area (Å²) in [6.45, 7) is 8.84. The first-order chi connectivity index (χ1) is 13.8. The summed E-state index contributed by atoms with van der Waals surface area (Å²) in [6.07, 6.45) is 5.57. The Morgan fingerprint density at radius 3 is 2.93 bits per heavy atom. The Morgan fingerprint density at radius 1 is 1.07 bits per heavy atom. The number of aromatic nitrogens is 2. The van der Waals surface area contributed by atoms with E-state index >= 15 is 0 Å². The molecule has 2 saturated heterocycles. The van der Waals surface area contributed by atoms with Crippen LogP contribution in [0.2, 0.25) is 0 Å². The number of nitrogens with zero attached hydrogens (tertiary/aromatic N) is 3. The van der Waals surface area contributed by atoms with Gasteiger partial charge in [0.25, 0.3) is 0 Å². The molecule has 0 radical (unpaired) electrons. The van der Waals surface area contributed by atoms with Gasteiger partial charge in [0.05, 0.1) is 26.0 Å². The number of likely N-dealkylation sites (tertiary alicyclic amines) is 1. The summed E-state index contributed by atoms with van der Waals surface area (Å²) in [7, 11) is 0. The van der Waals surface area contributed by atoms with Crippen LogP contribution in [0.3, 0.4) is 0 Å². The summed E-state index contributed by atoms with van der Waals surface area (Å²) in [6, 6.07) is 6.72. The van der Waals surface area contributed by atoms with Gasteiger partial charge in [0, 0.05) is 56.3 Å². The second-order valence-corrected chi connectivity index (χ2v) is 8.31. The van der Waals surface area contributed by atoms with Crippen LogP contribution in [0.1, 0.15) is 41.1 Å². The van der Waals surface area contributed by atoms with Crippen molar-refractivity contribution in [3.8, 4) is 5.75 Å². The van der Waals surface area contributed by atoms with Crippen LogP contribution < -0.4 is 4.74 Å². The lowest BCUT2D eigenvalue weighted by atomic mass is 9.92. The van der Waals surface area contributed by atoms with Crippen LogP contribution in [0.25, 0.3) is 0 Å². The van der Waals surface area contributed by atoms with E-state index in [1.165, 1.54) is 41.8 Å². The highest BCUT2D eigenvalue weighted by molar-refractivity contribution is 5.39. The zero-order valence-electron chi connectivity index (χ0n) is 16.5. The fourth-order valence-corrected chi connectivity index (χ4v) is 4.83. The lowest BCUT2D eigenvalue weighted by Crippen LogP contribution is -2.37. The largest absolute Gasteiger partial charge is 0.493 e. The second-order valence-electron chi connectivity index (χ2n) is 8.31. The predicted molar refractivity (Wildman–Crippen MR) is 108 cm³/mol. The fourth-order valence-electron chi connectivity index (χ4n) is 4.83. The highest BCUT2D eigenvalue weighted by Crippen LogP contribution is 2.31. The summed E-state index contributed by atoms with van der Waals surface area (Å²) in [4.78, 5) is 5.08. The molecule has 1 aromatic carbocycles. The monoisotopic (exact) mass is 382 g/mol. The van der Waals surface area contributed by atoms with Gasteiger partial charge in [-0.05, 0) is 36.6 Å². The van der Waals surface area contributed by atoms with E-state index in [4.69, 9.17) is 9.47 Å². The molecule has 1 atom stereocenters. The van der Waals surface area contributed by atoms with Gasteiger partial charge in [0.2, 0.25) is 0 Å². The average Bonchev–Trinajstić information content (AvgIpc) is 3.38. The normalized spacial score (nSPS) is 23.5. The molecular formula is C22H30N4O2. The van der Waals surface area contributed by atoms with Crippen LogP contribution >= 0.6 is 0 Å². The minimum atomic E-state index is 0.546. The van der Waals surface area contributed by atoms with Gasteiger partial charge >= 0.3 is 0 Å². The Balaban J connectivity index is 1.24. The molecule has 0 saturated carbocycles. The molecule has 4 heterocycles. The van der Waals surface area contributed by atoms with E-state index in [1.807, 2.05) is 6.20 Å². The summed E-state index contributed by atoms with van der Waals surface area (Å²) in [5, 5.41) is 7.73. The number of hydrogen-bond donors (Lipinski definition) is 1. The molecule has 0 bridgehead atoms. The van der Waals surface area contributed by atoms with Crippen molar-refractivity contribution in [1.29, 1.82) is 0 Å². The van der Waals surface area contributed by atoms with Gasteiger partial charge in [-0.1, -0.05) is 12.1 Å². The van der Waals surface area contributed by atoms with Gasteiger partial charge in [-0.25, -0.2) is 0 Å². The Bertz CT molecular complexity index is 800. The van der Waals surface area contributed by atoms with Crippen molar-refractivity contribution in [3.63, 3.8) is 0 Å². The molecule has 2 fully saturated rings. The first-order valence-electron chi connectivity index (χ1n) is 10.6. The van der Waals surface area contributed by atoms with Crippen LogP contribution in [0.5, 0.6) is 5.75 Å². The maximum atomic E-state index is 5.65. The van der Waals surface area contributed by atoms with Crippen LogP contribution in [-0.2, 0) is 24.2 Å². The molecule has 1 unspecified atom stereocenters. The van der Waals surface area contributed by atoms with E-state index in [0.717, 1.165) is 64.7 Å². The molecule has 0 aliphatic carbocycles. The number of ether oxygens (including phenoxy) is 2. The van der Waals surface area contributed by atoms with Gasteiger partial charge in [0.15, 0.2) is 0 Å². The van der Waals surface area contributed by atoms with E-state index in [1.54, 1.807) is 0 Å². The Hall–Kier alpha value is -1.89. The number of aromatic amines is 1. The number of rotatable bonds is 5. The lowest BCUT2D eigenvalue weighted by Gasteiger charge is -2.33. The molecule has 0 amide bonds. The van der Waals surface area contributed by atoms with Crippen molar-refractivity contribution in [2.24, 2.45) is 0 Å². The summed E-state index contributed by atoms with van der Waals surface area (Å²) in [5.74, 6) is 1.62. The van der Waals surface area contributed by atoms with Gasteiger partial charge < -0.3 is 9.47 Å². The maximum absolute atomic E-state index is 5.65. The van der Waals surface area contributed by atoms with E-state index in [0.29, 0.717) is 5.92 Å². The third-order valence-electron chi connectivity index (χ3n) is 6.32. The SMILES string of the molecule is c1cc2c(cc1CN1CCCC(c3[nH]ncc3CN3CCOCC3)C1)CCO2. The quantitative estimate of drug-likeness (QED) is 0.861. The molecule has 3 aliphatic rings. The number of morpholine rings is 1. The first kappa shape index (κ1) is 18.2. The molecule has 6 heteroatoms. The summed E-state index contributed by atoms with van der Waals surface area (Å²) < 4.78 is 11.1. The Kier molecular flexibility index (Phi) is 5.34. The number of piperidine rings is 1. The highest BCUT2D eigenvalue weighted by Gasteiger charge is 2.26. The van der Waals surface area contributed by atoms with Gasteiger partial charge in [-0.2, -0.15) is 5.10 Å². The van der Waals surface area contributed by atoms with Gasteiger partial charge in [-0.15, -0.1) is 0 Å². The minimum absolute atomic E-state index is 0.546. The molecule has 28 heavy (non-hydrogen) atoms. The molecule has 1 N–H and O–H groups in total. The number of hydrogen-bond acceptors (Lipinski definition) is 5. The van der Waals surface area contributed by atoms with Crippen LogP contribution in [0, 0.1) is 0 Å². The third-order valence-corrected chi connectivity index (χ3v) is 6.32. The Labute approximate surface area is 166 Å². The Morgan fingerprint density at radius 2 is 2.00 bits per heavy atom. The molecular weight excluding hydrogens is 352 g/mol. The second kappa shape index (κ2) is 8.23. The standard InChI is InChI=1S/C22H30N4O2/c1-2-19(22-20(13-23-24-22)16-25-7-10-27-11-8-25)15-26(6-1)14-17-3-4-21-18(12-17)5-9-28-21/h3-4,12-13,19H,1-2,5-11,14-16H2,(H,23,24). The number of benzene rings is 1. The molecule has 2 aromatic rings. The van der Waals surface area contributed by atoms with Gasteiger partial charge in [-0.3, -0.25) is 14.9 Å². The number of H-pyrrole nitrogens is 1. The van der Waals surface area contributed by atoms with Crippen molar-refractivity contribution in [2.45, 2.75) is 38.3 Å². The van der Waals surface area contributed by atoms with E-state index in [-0.39, 0.29) is 0 Å². The predicted octanol–water partition coefficient (Wildman–Crippen LogP) is 2.56. The zero-order chi connectivity index (χ0) is 18.8. The minimum Gasteiger partial charge on any atom is -0.493 e. The fraction of sp³-hybridized carbons (Fsp3) is 0.591. The van der Waals surface area contributed by atoms with Gasteiger partial charge in [0.1, 0.15) is 5.75 Å². The zero-order valence-corrected chi connectivity index (χ0v) is 16.5. The summed E-state index contributed by atoms with van der Waals surface area (Å²) >= 11 is 0. The molecule has 150 valence electrons. The van der Waals surface area contributed by atoms with E-state index in [2.05, 4.69) is 38.2 Å². The average molecular weight is 383 g/mol. The number of fused-ring (bicyclic) bond motifs is 1. The first-order valence-corrected chi connectivity index (χ1v) is 10.6.